The van der Waals surface area contributed by atoms with Crippen molar-refractivity contribution in [3.63, 3.8) is 0 Å². The van der Waals surface area contributed by atoms with E-state index in [4.69, 9.17) is 9.26 Å². The van der Waals surface area contributed by atoms with E-state index in [1.165, 1.54) is 12.8 Å². The molecule has 1 saturated carbocycles. The van der Waals surface area contributed by atoms with Crippen LogP contribution in [-0.4, -0.2) is 16.7 Å². The van der Waals surface area contributed by atoms with E-state index in [2.05, 4.69) is 35.4 Å². The highest BCUT2D eigenvalue weighted by atomic mass is 16.5. The lowest BCUT2D eigenvalue weighted by atomic mass is 10.1. The zero-order valence-electron chi connectivity index (χ0n) is 12.5. The molecule has 1 fully saturated rings. The molecule has 1 heterocycles. The second-order valence-electron chi connectivity index (χ2n) is 5.43. The van der Waals surface area contributed by atoms with Gasteiger partial charge in [0.25, 0.3) is 5.89 Å². The quantitative estimate of drug-likeness (QED) is 0.847. The number of benzene rings is 1. The summed E-state index contributed by atoms with van der Waals surface area (Å²) in [6, 6.07) is 8.29. The number of nitrogens with zero attached hydrogens (tertiary/aromatic N) is 2. The fourth-order valence-corrected chi connectivity index (χ4v) is 2.36. The van der Waals surface area contributed by atoms with Crippen molar-refractivity contribution in [2.75, 3.05) is 6.54 Å². The molecule has 0 aliphatic heterocycles. The van der Waals surface area contributed by atoms with Crippen molar-refractivity contribution in [2.45, 2.75) is 45.3 Å². The number of nitrogens with one attached hydrogen (secondary N) is 1. The second kappa shape index (κ2) is 6.26. The van der Waals surface area contributed by atoms with Crippen LogP contribution in [0.2, 0.25) is 0 Å². The number of hydrogen-bond donors (Lipinski definition) is 1. The van der Waals surface area contributed by atoms with Gasteiger partial charge >= 0.3 is 0 Å². The number of aromatic nitrogens is 2. The SMILES string of the molecule is CCNC(C)c1ccccc1OCc1nc(C2CC2)no1. The van der Waals surface area contributed by atoms with Crippen LogP contribution in [0.3, 0.4) is 0 Å². The van der Waals surface area contributed by atoms with Gasteiger partial charge in [0, 0.05) is 17.5 Å². The molecule has 1 atom stereocenters. The first-order chi connectivity index (χ1) is 10.3. The largest absolute Gasteiger partial charge is 0.483 e. The van der Waals surface area contributed by atoms with Gasteiger partial charge in [0.05, 0.1) is 0 Å². The van der Waals surface area contributed by atoms with Crippen LogP contribution >= 0.6 is 0 Å². The third kappa shape index (κ3) is 3.42. The summed E-state index contributed by atoms with van der Waals surface area (Å²) in [5.41, 5.74) is 1.14. The molecule has 0 amide bonds. The summed E-state index contributed by atoms with van der Waals surface area (Å²) in [6.07, 6.45) is 2.34. The molecule has 112 valence electrons. The van der Waals surface area contributed by atoms with E-state index in [1.54, 1.807) is 0 Å². The van der Waals surface area contributed by atoms with Crippen molar-refractivity contribution in [1.82, 2.24) is 15.5 Å². The molecule has 2 aromatic rings. The van der Waals surface area contributed by atoms with Crippen LogP contribution in [0.4, 0.5) is 0 Å². The van der Waals surface area contributed by atoms with Crippen molar-refractivity contribution in [1.29, 1.82) is 0 Å². The molecule has 0 spiro atoms. The smallest absolute Gasteiger partial charge is 0.264 e. The van der Waals surface area contributed by atoms with E-state index in [-0.39, 0.29) is 6.04 Å². The maximum atomic E-state index is 5.87. The summed E-state index contributed by atoms with van der Waals surface area (Å²) in [6.45, 7) is 5.46. The van der Waals surface area contributed by atoms with Crippen LogP contribution in [0.25, 0.3) is 0 Å². The van der Waals surface area contributed by atoms with Crippen LogP contribution < -0.4 is 10.1 Å². The molecular weight excluding hydrogens is 266 g/mol. The maximum Gasteiger partial charge on any atom is 0.264 e. The van der Waals surface area contributed by atoms with Crippen LogP contribution in [0.5, 0.6) is 5.75 Å². The molecule has 1 unspecified atom stereocenters. The third-order valence-electron chi connectivity index (χ3n) is 3.67. The predicted molar refractivity (Wildman–Crippen MR) is 79.1 cm³/mol. The Bertz CT molecular complexity index is 593. The van der Waals surface area contributed by atoms with Crippen molar-refractivity contribution in [3.8, 4) is 5.75 Å². The monoisotopic (exact) mass is 287 g/mol. The van der Waals surface area contributed by atoms with Gasteiger partial charge in [-0.2, -0.15) is 4.98 Å². The van der Waals surface area contributed by atoms with Gasteiger partial charge in [-0.15, -0.1) is 0 Å². The Balaban J connectivity index is 1.66. The Hall–Kier alpha value is -1.88. The molecule has 5 nitrogen and oxygen atoms in total. The molecule has 21 heavy (non-hydrogen) atoms. The molecular formula is C16H21N3O2. The second-order valence-corrected chi connectivity index (χ2v) is 5.43. The molecule has 1 aromatic heterocycles. The van der Waals surface area contributed by atoms with Gasteiger partial charge in [0.2, 0.25) is 0 Å². The van der Waals surface area contributed by atoms with Gasteiger partial charge in [0.1, 0.15) is 5.75 Å². The van der Waals surface area contributed by atoms with Gasteiger partial charge in [-0.3, -0.25) is 0 Å². The topological polar surface area (TPSA) is 60.2 Å². The molecule has 1 aliphatic rings. The minimum Gasteiger partial charge on any atom is -0.483 e. The van der Waals surface area contributed by atoms with Crippen LogP contribution in [0.1, 0.15) is 55.9 Å². The Morgan fingerprint density at radius 1 is 1.38 bits per heavy atom. The standard InChI is InChI=1S/C16H21N3O2/c1-3-17-11(2)13-6-4-5-7-14(13)20-10-15-18-16(19-21-15)12-8-9-12/h4-7,11-12,17H,3,8-10H2,1-2H3. The number of para-hydroxylation sites is 1. The third-order valence-corrected chi connectivity index (χ3v) is 3.67. The summed E-state index contributed by atoms with van der Waals surface area (Å²) in [5.74, 6) is 2.73. The Labute approximate surface area is 124 Å². The number of hydrogen-bond acceptors (Lipinski definition) is 5. The van der Waals surface area contributed by atoms with E-state index in [0.717, 1.165) is 23.7 Å². The zero-order valence-corrected chi connectivity index (χ0v) is 12.5. The summed E-state index contributed by atoms with van der Waals surface area (Å²) < 4.78 is 11.1. The molecule has 5 heteroatoms. The lowest BCUT2D eigenvalue weighted by Crippen LogP contribution is -2.18. The minimum atomic E-state index is 0.246. The highest BCUT2D eigenvalue weighted by Crippen LogP contribution is 2.38. The first kappa shape index (κ1) is 14.1. The van der Waals surface area contributed by atoms with E-state index in [0.29, 0.717) is 18.4 Å². The van der Waals surface area contributed by atoms with Crippen LogP contribution in [-0.2, 0) is 6.61 Å². The molecule has 1 aliphatic carbocycles. The molecule has 1 aromatic carbocycles. The molecule has 3 rings (SSSR count). The van der Waals surface area contributed by atoms with Gasteiger partial charge in [-0.05, 0) is 32.4 Å². The lowest BCUT2D eigenvalue weighted by molar-refractivity contribution is 0.239. The number of ether oxygens (including phenoxy) is 1. The first-order valence-electron chi connectivity index (χ1n) is 7.55. The van der Waals surface area contributed by atoms with Crippen LogP contribution in [0.15, 0.2) is 28.8 Å². The summed E-state index contributed by atoms with van der Waals surface area (Å²) in [7, 11) is 0. The van der Waals surface area contributed by atoms with Crippen molar-refractivity contribution < 1.29 is 9.26 Å². The van der Waals surface area contributed by atoms with Gasteiger partial charge < -0.3 is 14.6 Å². The fraction of sp³-hybridized carbons (Fsp3) is 0.500. The van der Waals surface area contributed by atoms with Gasteiger partial charge in [-0.1, -0.05) is 30.3 Å². The highest BCUT2D eigenvalue weighted by molar-refractivity contribution is 5.35. The average molecular weight is 287 g/mol. The Morgan fingerprint density at radius 2 is 2.19 bits per heavy atom. The predicted octanol–water partition coefficient (Wildman–Crippen LogP) is 3.20. The van der Waals surface area contributed by atoms with E-state index < -0.39 is 0 Å². The Morgan fingerprint density at radius 3 is 2.95 bits per heavy atom. The van der Waals surface area contributed by atoms with E-state index in [1.807, 2.05) is 18.2 Å². The highest BCUT2D eigenvalue weighted by Gasteiger charge is 2.28. The summed E-state index contributed by atoms with van der Waals surface area (Å²) in [4.78, 5) is 4.38. The first-order valence-corrected chi connectivity index (χ1v) is 7.55. The summed E-state index contributed by atoms with van der Waals surface area (Å²) >= 11 is 0. The van der Waals surface area contributed by atoms with Gasteiger partial charge in [0.15, 0.2) is 12.4 Å². The number of rotatable bonds is 7. The van der Waals surface area contributed by atoms with Crippen LogP contribution in [0, 0.1) is 0 Å². The molecule has 0 bridgehead atoms. The average Bonchev–Trinajstić information content (AvgIpc) is 3.25. The van der Waals surface area contributed by atoms with E-state index >= 15 is 0 Å². The fourth-order valence-electron chi connectivity index (χ4n) is 2.36. The van der Waals surface area contributed by atoms with Crippen molar-refractivity contribution in [2.24, 2.45) is 0 Å². The van der Waals surface area contributed by atoms with Gasteiger partial charge in [-0.25, -0.2) is 0 Å². The minimum absolute atomic E-state index is 0.246. The molecule has 0 radical (unpaired) electrons. The molecule has 1 N–H and O–H groups in total. The lowest BCUT2D eigenvalue weighted by Gasteiger charge is -2.16. The van der Waals surface area contributed by atoms with E-state index in [9.17, 15) is 0 Å². The summed E-state index contributed by atoms with van der Waals surface area (Å²) in [5, 5.41) is 7.40. The maximum absolute atomic E-state index is 5.87. The Kier molecular flexibility index (Phi) is 4.20. The van der Waals surface area contributed by atoms with Crippen molar-refractivity contribution in [3.05, 3.63) is 41.5 Å². The zero-order chi connectivity index (χ0) is 14.7. The van der Waals surface area contributed by atoms with Crippen molar-refractivity contribution >= 4 is 0 Å². The molecule has 0 saturated heterocycles. The normalized spacial score (nSPS) is 15.9.